The van der Waals surface area contributed by atoms with Crippen molar-refractivity contribution in [3.8, 4) is 0 Å². The molecule has 1 aliphatic rings. The Bertz CT molecular complexity index is 811. The van der Waals surface area contributed by atoms with E-state index in [0.717, 1.165) is 17.5 Å². The topological polar surface area (TPSA) is 84.9 Å². The van der Waals surface area contributed by atoms with Crippen LogP contribution >= 0.6 is 0 Å². The van der Waals surface area contributed by atoms with E-state index in [2.05, 4.69) is 5.32 Å². The molecule has 0 radical (unpaired) electrons. The normalized spacial score (nSPS) is 13.8. The van der Waals surface area contributed by atoms with Crippen molar-refractivity contribution >= 4 is 24.5 Å². The SMILES string of the molecule is CCC[C@H](NC(=O)c1ccc2c(c1)B(O)OC2)C(=O)OCc1ccccc1. The lowest BCUT2D eigenvalue weighted by molar-refractivity contribution is -0.147. The number of carbonyl (C=O) groups is 2. The Kier molecular flexibility index (Phi) is 6.26. The van der Waals surface area contributed by atoms with Gasteiger partial charge < -0.3 is 19.7 Å². The maximum absolute atomic E-state index is 12.6. The molecule has 6 nitrogen and oxygen atoms in total. The zero-order valence-corrected chi connectivity index (χ0v) is 15.2. The summed E-state index contributed by atoms with van der Waals surface area (Å²) in [5.41, 5.74) is 2.70. The van der Waals surface area contributed by atoms with E-state index in [1.807, 2.05) is 37.3 Å². The van der Waals surface area contributed by atoms with Crippen molar-refractivity contribution in [1.82, 2.24) is 5.32 Å². The second kappa shape index (κ2) is 8.84. The Morgan fingerprint density at radius 2 is 2.04 bits per heavy atom. The van der Waals surface area contributed by atoms with Crippen molar-refractivity contribution in [2.24, 2.45) is 0 Å². The van der Waals surface area contributed by atoms with E-state index in [1.54, 1.807) is 18.2 Å². The highest BCUT2D eigenvalue weighted by Crippen LogP contribution is 2.12. The lowest BCUT2D eigenvalue weighted by Crippen LogP contribution is -2.42. The van der Waals surface area contributed by atoms with Crippen LogP contribution in [-0.4, -0.2) is 30.1 Å². The molecule has 0 saturated heterocycles. The summed E-state index contributed by atoms with van der Waals surface area (Å²) in [6.45, 7) is 2.42. The van der Waals surface area contributed by atoms with Crippen LogP contribution in [0.3, 0.4) is 0 Å². The molecule has 2 N–H and O–H groups in total. The summed E-state index contributed by atoms with van der Waals surface area (Å²) in [5.74, 6) is -0.842. The molecule has 0 spiro atoms. The Morgan fingerprint density at radius 3 is 2.78 bits per heavy atom. The fourth-order valence-corrected chi connectivity index (χ4v) is 2.96. The van der Waals surface area contributed by atoms with E-state index >= 15 is 0 Å². The average molecular weight is 367 g/mol. The fraction of sp³-hybridized carbons (Fsp3) is 0.300. The van der Waals surface area contributed by atoms with Crippen LogP contribution in [0.1, 0.15) is 41.3 Å². The van der Waals surface area contributed by atoms with E-state index in [1.165, 1.54) is 0 Å². The van der Waals surface area contributed by atoms with Gasteiger partial charge in [0, 0.05) is 5.56 Å². The van der Waals surface area contributed by atoms with Crippen molar-refractivity contribution < 1.29 is 24.0 Å². The highest BCUT2D eigenvalue weighted by Gasteiger charge is 2.29. The smallest absolute Gasteiger partial charge is 0.459 e. The predicted molar refractivity (Wildman–Crippen MR) is 101 cm³/mol. The van der Waals surface area contributed by atoms with Gasteiger partial charge in [-0.05, 0) is 35.1 Å². The monoisotopic (exact) mass is 367 g/mol. The molecule has 1 aliphatic heterocycles. The van der Waals surface area contributed by atoms with Crippen LogP contribution in [-0.2, 0) is 27.4 Å². The number of ether oxygens (including phenoxy) is 1. The van der Waals surface area contributed by atoms with Crippen LogP contribution in [0.5, 0.6) is 0 Å². The van der Waals surface area contributed by atoms with Crippen LogP contribution in [0, 0.1) is 0 Å². The average Bonchev–Trinajstić information content (AvgIpc) is 3.07. The summed E-state index contributed by atoms with van der Waals surface area (Å²) in [5, 5.41) is 12.5. The molecule has 0 saturated carbocycles. The van der Waals surface area contributed by atoms with Gasteiger partial charge in [0.25, 0.3) is 5.91 Å². The number of hydrogen-bond acceptors (Lipinski definition) is 5. The van der Waals surface area contributed by atoms with Crippen LogP contribution < -0.4 is 10.8 Å². The van der Waals surface area contributed by atoms with Gasteiger partial charge in [-0.25, -0.2) is 4.79 Å². The van der Waals surface area contributed by atoms with E-state index in [0.29, 0.717) is 24.1 Å². The third-order valence-corrected chi connectivity index (χ3v) is 4.46. The molecular weight excluding hydrogens is 345 g/mol. The fourth-order valence-electron chi connectivity index (χ4n) is 2.96. The summed E-state index contributed by atoms with van der Waals surface area (Å²) in [7, 11) is -1.02. The van der Waals surface area contributed by atoms with Gasteiger partial charge in [-0.15, -0.1) is 0 Å². The van der Waals surface area contributed by atoms with E-state index in [-0.39, 0.29) is 12.5 Å². The number of benzene rings is 2. The Hall–Kier alpha value is -2.64. The van der Waals surface area contributed by atoms with Crippen molar-refractivity contribution in [2.75, 3.05) is 0 Å². The molecule has 7 heteroatoms. The molecule has 3 rings (SSSR count). The van der Waals surface area contributed by atoms with Crippen molar-refractivity contribution in [2.45, 2.75) is 39.0 Å². The molecular formula is C20H22BNO5. The minimum atomic E-state index is -1.02. The van der Waals surface area contributed by atoms with Crippen LogP contribution in [0.15, 0.2) is 48.5 Å². The number of fused-ring (bicyclic) bond motifs is 1. The van der Waals surface area contributed by atoms with Crippen LogP contribution in [0.4, 0.5) is 0 Å². The first-order valence-electron chi connectivity index (χ1n) is 9.02. The minimum Gasteiger partial charge on any atom is -0.459 e. The third-order valence-electron chi connectivity index (χ3n) is 4.46. The molecule has 0 unspecified atom stereocenters. The quantitative estimate of drug-likeness (QED) is 0.573. The minimum absolute atomic E-state index is 0.165. The van der Waals surface area contributed by atoms with Crippen molar-refractivity contribution in [3.63, 3.8) is 0 Å². The molecule has 0 bridgehead atoms. The highest BCUT2D eigenvalue weighted by molar-refractivity contribution is 6.61. The van der Waals surface area contributed by atoms with Gasteiger partial charge in [-0.1, -0.05) is 49.7 Å². The lowest BCUT2D eigenvalue weighted by atomic mass is 9.79. The Morgan fingerprint density at radius 1 is 1.26 bits per heavy atom. The van der Waals surface area contributed by atoms with E-state index < -0.39 is 19.1 Å². The maximum atomic E-state index is 12.6. The number of nitrogens with one attached hydrogen (secondary N) is 1. The Balaban J connectivity index is 1.64. The molecule has 0 aliphatic carbocycles. The summed E-state index contributed by atoms with van der Waals surface area (Å²) in [6, 6.07) is 13.7. The molecule has 2 aromatic carbocycles. The first-order valence-corrected chi connectivity index (χ1v) is 9.02. The second-order valence-electron chi connectivity index (χ2n) is 6.48. The molecule has 1 heterocycles. The Labute approximate surface area is 158 Å². The van der Waals surface area contributed by atoms with Crippen molar-refractivity contribution in [3.05, 3.63) is 65.2 Å². The van der Waals surface area contributed by atoms with Crippen LogP contribution in [0.25, 0.3) is 0 Å². The lowest BCUT2D eigenvalue weighted by Gasteiger charge is -2.17. The van der Waals surface area contributed by atoms with Gasteiger partial charge in [-0.2, -0.15) is 0 Å². The molecule has 0 fully saturated rings. The first-order chi connectivity index (χ1) is 13.1. The summed E-state index contributed by atoms with van der Waals surface area (Å²) < 4.78 is 10.5. The van der Waals surface area contributed by atoms with Crippen LogP contribution in [0.2, 0.25) is 0 Å². The number of hydrogen-bond donors (Lipinski definition) is 2. The first kappa shape index (κ1) is 19.1. The van der Waals surface area contributed by atoms with Gasteiger partial charge in [0.15, 0.2) is 0 Å². The number of amides is 1. The standard InChI is InChI=1S/C20H22BNO5/c1-2-6-18(20(24)26-12-14-7-4-3-5-8-14)22-19(23)15-9-10-16-13-27-21(25)17(16)11-15/h3-5,7-11,18,25H,2,6,12-13H2,1H3,(H,22,23)/t18-/m0/s1. The largest absolute Gasteiger partial charge is 0.491 e. The third kappa shape index (κ3) is 4.75. The summed E-state index contributed by atoms with van der Waals surface area (Å²) in [4.78, 5) is 25.0. The second-order valence-corrected chi connectivity index (χ2v) is 6.48. The van der Waals surface area contributed by atoms with Gasteiger partial charge in [0.05, 0.1) is 6.61 Å². The van der Waals surface area contributed by atoms with E-state index in [9.17, 15) is 14.6 Å². The molecule has 2 aromatic rings. The van der Waals surface area contributed by atoms with E-state index in [4.69, 9.17) is 9.39 Å². The van der Waals surface area contributed by atoms with Gasteiger partial charge in [0.2, 0.25) is 0 Å². The zero-order chi connectivity index (χ0) is 19.2. The summed E-state index contributed by atoms with van der Waals surface area (Å²) >= 11 is 0. The molecule has 140 valence electrons. The van der Waals surface area contributed by atoms with Gasteiger partial charge >= 0.3 is 13.1 Å². The van der Waals surface area contributed by atoms with Gasteiger partial charge in [0.1, 0.15) is 12.6 Å². The number of esters is 1. The highest BCUT2D eigenvalue weighted by atomic mass is 16.5. The zero-order valence-electron chi connectivity index (χ0n) is 15.2. The van der Waals surface area contributed by atoms with Crippen molar-refractivity contribution in [1.29, 1.82) is 0 Å². The molecule has 1 amide bonds. The van der Waals surface area contributed by atoms with Gasteiger partial charge in [-0.3, -0.25) is 4.79 Å². The number of rotatable bonds is 7. The molecule has 27 heavy (non-hydrogen) atoms. The molecule has 0 aromatic heterocycles. The predicted octanol–water partition coefficient (Wildman–Crippen LogP) is 1.55. The summed E-state index contributed by atoms with van der Waals surface area (Å²) in [6.07, 6.45) is 1.21. The number of carbonyl (C=O) groups excluding carboxylic acids is 2. The maximum Gasteiger partial charge on any atom is 0.491 e. The molecule has 1 atom stereocenters.